The van der Waals surface area contributed by atoms with Crippen LogP contribution >= 0.6 is 11.6 Å². The summed E-state index contributed by atoms with van der Waals surface area (Å²) in [6, 6.07) is 0.442. The summed E-state index contributed by atoms with van der Waals surface area (Å²) in [5.41, 5.74) is -0.0813. The molecule has 1 saturated heterocycles. The Kier molecular flexibility index (Phi) is 5.55. The molecule has 0 spiro atoms. The lowest BCUT2D eigenvalue weighted by atomic mass is 9.99. The van der Waals surface area contributed by atoms with Crippen molar-refractivity contribution in [1.29, 1.82) is 0 Å². The monoisotopic (exact) mass is 400 g/mol. The summed E-state index contributed by atoms with van der Waals surface area (Å²) in [6.07, 6.45) is -2.10. The fourth-order valence-corrected chi connectivity index (χ4v) is 3.79. The van der Waals surface area contributed by atoms with Crippen LogP contribution in [0.5, 0.6) is 0 Å². The standard InChI is InChI=1S/C14H16ClF3N2O4S/c1-2-25(23,24)19-12-10(20(13(21)22)7-14(12,17)18)6-8-4-3-5-9(15)11(8)16/h3-5,10,12,19H,2,6-7H2,1H3,(H,21,22)/t10-,12+/m0/s1. The smallest absolute Gasteiger partial charge is 0.407 e. The molecule has 1 aliphatic heterocycles. The molecule has 2 N–H and O–H groups in total. The number of alkyl halides is 2. The molecule has 6 nitrogen and oxygen atoms in total. The summed E-state index contributed by atoms with van der Waals surface area (Å²) >= 11 is 5.65. The van der Waals surface area contributed by atoms with E-state index in [0.29, 0.717) is 4.90 Å². The van der Waals surface area contributed by atoms with Crippen LogP contribution < -0.4 is 4.72 Å². The minimum Gasteiger partial charge on any atom is -0.465 e. The van der Waals surface area contributed by atoms with E-state index in [9.17, 15) is 31.5 Å². The van der Waals surface area contributed by atoms with E-state index in [4.69, 9.17) is 11.6 Å². The number of sulfonamides is 1. The lowest BCUT2D eigenvalue weighted by Crippen LogP contribution is -2.52. The first kappa shape index (κ1) is 19.8. The zero-order chi connectivity index (χ0) is 19.0. The number of hydrogen-bond donors (Lipinski definition) is 2. The van der Waals surface area contributed by atoms with E-state index in [-0.39, 0.29) is 10.6 Å². The third kappa shape index (κ3) is 4.18. The number of benzene rings is 1. The number of nitrogens with zero attached hydrogens (tertiary/aromatic N) is 1. The first-order chi connectivity index (χ1) is 11.5. The molecule has 25 heavy (non-hydrogen) atoms. The second kappa shape index (κ2) is 7.00. The number of rotatable bonds is 5. The van der Waals surface area contributed by atoms with Crippen LogP contribution in [0, 0.1) is 5.82 Å². The van der Waals surface area contributed by atoms with E-state index in [1.807, 2.05) is 4.72 Å². The topological polar surface area (TPSA) is 86.7 Å². The number of amides is 1. The maximum Gasteiger partial charge on any atom is 0.407 e. The van der Waals surface area contributed by atoms with Crippen molar-refractivity contribution in [1.82, 2.24) is 9.62 Å². The second-order valence-corrected chi connectivity index (χ2v) is 8.10. The van der Waals surface area contributed by atoms with Crippen molar-refractivity contribution in [2.75, 3.05) is 12.3 Å². The van der Waals surface area contributed by atoms with Crippen LogP contribution in [0.1, 0.15) is 12.5 Å². The van der Waals surface area contributed by atoms with Gasteiger partial charge in [0.1, 0.15) is 11.9 Å². The minimum absolute atomic E-state index is 0.0813. The zero-order valence-corrected chi connectivity index (χ0v) is 14.6. The van der Waals surface area contributed by atoms with Crippen LogP contribution in [0.25, 0.3) is 0 Å². The molecule has 1 heterocycles. The number of halogens is 4. The normalized spacial score (nSPS) is 23.0. The Morgan fingerprint density at radius 3 is 2.68 bits per heavy atom. The summed E-state index contributed by atoms with van der Waals surface area (Å²) in [7, 11) is -4.04. The van der Waals surface area contributed by atoms with Gasteiger partial charge < -0.3 is 5.11 Å². The van der Waals surface area contributed by atoms with Crippen LogP contribution in [0.2, 0.25) is 5.02 Å². The molecular formula is C14H16ClF3N2O4S. The average Bonchev–Trinajstić information content (AvgIpc) is 2.76. The molecule has 0 bridgehead atoms. The molecular weight excluding hydrogens is 385 g/mol. The van der Waals surface area contributed by atoms with Gasteiger partial charge in [-0.1, -0.05) is 23.7 Å². The number of hydrogen-bond acceptors (Lipinski definition) is 3. The molecule has 1 aliphatic rings. The van der Waals surface area contributed by atoms with Crippen molar-refractivity contribution < 1.29 is 31.5 Å². The lowest BCUT2D eigenvalue weighted by molar-refractivity contribution is -0.00563. The average molecular weight is 401 g/mol. The van der Waals surface area contributed by atoms with Gasteiger partial charge >= 0.3 is 6.09 Å². The van der Waals surface area contributed by atoms with Gasteiger partial charge in [-0.25, -0.2) is 31.1 Å². The maximum absolute atomic E-state index is 14.3. The van der Waals surface area contributed by atoms with Crippen molar-refractivity contribution in [3.8, 4) is 0 Å². The SMILES string of the molecule is CCS(=O)(=O)N[C@@H]1[C@H](Cc2cccc(Cl)c2F)N(C(=O)O)CC1(F)F. The van der Waals surface area contributed by atoms with E-state index >= 15 is 0 Å². The highest BCUT2D eigenvalue weighted by molar-refractivity contribution is 7.89. The molecule has 0 aliphatic carbocycles. The molecule has 140 valence electrons. The van der Waals surface area contributed by atoms with Crippen molar-refractivity contribution in [3.63, 3.8) is 0 Å². The van der Waals surface area contributed by atoms with Gasteiger partial charge in [0.05, 0.1) is 23.4 Å². The Bertz CT molecular complexity index is 775. The quantitative estimate of drug-likeness (QED) is 0.794. The Morgan fingerprint density at radius 2 is 2.12 bits per heavy atom. The van der Waals surface area contributed by atoms with E-state index in [1.165, 1.54) is 25.1 Å². The van der Waals surface area contributed by atoms with Gasteiger partial charge in [0.25, 0.3) is 5.92 Å². The number of carbonyl (C=O) groups is 1. The van der Waals surface area contributed by atoms with Crippen molar-refractivity contribution in [3.05, 3.63) is 34.6 Å². The molecule has 1 fully saturated rings. The van der Waals surface area contributed by atoms with Gasteiger partial charge in [-0.15, -0.1) is 0 Å². The summed E-state index contributed by atoms with van der Waals surface area (Å²) < 4.78 is 67.9. The number of likely N-dealkylation sites (tertiary alicyclic amines) is 1. The Balaban J connectivity index is 2.43. The van der Waals surface area contributed by atoms with E-state index in [2.05, 4.69) is 0 Å². The lowest BCUT2D eigenvalue weighted by Gasteiger charge is -2.27. The van der Waals surface area contributed by atoms with Crippen molar-refractivity contribution in [2.45, 2.75) is 31.4 Å². The zero-order valence-electron chi connectivity index (χ0n) is 13.0. The predicted molar refractivity (Wildman–Crippen MR) is 85.0 cm³/mol. The third-order valence-electron chi connectivity index (χ3n) is 4.01. The fraction of sp³-hybridized carbons (Fsp3) is 0.500. The molecule has 11 heteroatoms. The largest absolute Gasteiger partial charge is 0.465 e. The van der Waals surface area contributed by atoms with Crippen molar-refractivity contribution >= 4 is 27.7 Å². The van der Waals surface area contributed by atoms with Gasteiger partial charge in [-0.2, -0.15) is 0 Å². The Hall–Kier alpha value is -1.52. The van der Waals surface area contributed by atoms with Crippen LogP contribution in [-0.4, -0.2) is 54.8 Å². The van der Waals surface area contributed by atoms with Gasteiger partial charge in [-0.3, -0.25) is 4.90 Å². The molecule has 2 rings (SSSR count). The first-order valence-electron chi connectivity index (χ1n) is 7.28. The highest BCUT2D eigenvalue weighted by atomic mass is 35.5. The summed E-state index contributed by atoms with van der Waals surface area (Å²) in [5.74, 6) is -4.95. The van der Waals surface area contributed by atoms with Gasteiger partial charge in [-0.05, 0) is 25.0 Å². The summed E-state index contributed by atoms with van der Waals surface area (Å²) in [6.45, 7) is 0.0715. The predicted octanol–water partition coefficient (Wildman–Crippen LogP) is 2.33. The van der Waals surface area contributed by atoms with Crippen LogP contribution in [0.15, 0.2) is 18.2 Å². The van der Waals surface area contributed by atoms with E-state index in [1.54, 1.807) is 0 Å². The molecule has 0 aromatic heterocycles. The Morgan fingerprint density at radius 1 is 1.48 bits per heavy atom. The van der Waals surface area contributed by atoms with Gasteiger partial charge in [0.2, 0.25) is 10.0 Å². The van der Waals surface area contributed by atoms with E-state index < -0.39 is 58.7 Å². The van der Waals surface area contributed by atoms with Crippen LogP contribution in [-0.2, 0) is 16.4 Å². The number of carboxylic acid groups (broad SMARTS) is 1. The maximum atomic E-state index is 14.3. The number of nitrogens with one attached hydrogen (secondary N) is 1. The molecule has 0 saturated carbocycles. The van der Waals surface area contributed by atoms with Gasteiger partial charge in [0.15, 0.2) is 0 Å². The molecule has 0 unspecified atom stereocenters. The van der Waals surface area contributed by atoms with E-state index in [0.717, 1.165) is 0 Å². The van der Waals surface area contributed by atoms with Crippen LogP contribution in [0.4, 0.5) is 18.0 Å². The molecule has 1 aromatic carbocycles. The summed E-state index contributed by atoms with van der Waals surface area (Å²) in [5, 5.41) is 8.95. The van der Waals surface area contributed by atoms with Gasteiger partial charge in [0, 0.05) is 0 Å². The Labute approximate surface area is 147 Å². The molecule has 2 atom stereocenters. The third-order valence-corrected chi connectivity index (χ3v) is 5.68. The van der Waals surface area contributed by atoms with Crippen LogP contribution in [0.3, 0.4) is 0 Å². The fourth-order valence-electron chi connectivity index (χ4n) is 2.71. The molecule has 1 amide bonds. The highest BCUT2D eigenvalue weighted by Crippen LogP contribution is 2.35. The molecule has 1 aromatic rings. The highest BCUT2D eigenvalue weighted by Gasteiger charge is 2.57. The molecule has 0 radical (unpaired) electrons. The first-order valence-corrected chi connectivity index (χ1v) is 9.32. The minimum atomic E-state index is -4.04. The second-order valence-electron chi connectivity index (χ2n) is 5.65. The van der Waals surface area contributed by atoms with Crippen molar-refractivity contribution in [2.24, 2.45) is 0 Å². The summed E-state index contributed by atoms with van der Waals surface area (Å²) in [4.78, 5) is 11.7.